The first-order valence-electron chi connectivity index (χ1n) is 6.74. The van der Waals surface area contributed by atoms with Gasteiger partial charge in [0, 0.05) is 13.0 Å². The Kier molecular flexibility index (Phi) is 4.72. The van der Waals surface area contributed by atoms with Crippen LogP contribution < -0.4 is 10.2 Å². The predicted molar refractivity (Wildman–Crippen MR) is 70.6 cm³/mol. The van der Waals surface area contributed by atoms with E-state index in [-0.39, 0.29) is 25.3 Å². The molecule has 1 aliphatic heterocycles. The Labute approximate surface area is 120 Å². The van der Waals surface area contributed by atoms with Gasteiger partial charge in [0.15, 0.2) is 0 Å². The second kappa shape index (κ2) is 6.34. The number of benzene rings is 1. The van der Waals surface area contributed by atoms with Gasteiger partial charge < -0.3 is 4.74 Å². The van der Waals surface area contributed by atoms with Gasteiger partial charge in [-0.25, -0.2) is 5.01 Å². The molecule has 0 radical (unpaired) electrons. The number of alkyl halides is 3. The predicted octanol–water partition coefficient (Wildman–Crippen LogP) is 2.30. The summed E-state index contributed by atoms with van der Waals surface area (Å²) in [6, 6.07) is 4.85. The number of halogens is 3. The largest absolute Gasteiger partial charge is 0.494 e. The molecule has 0 aromatic heterocycles. The van der Waals surface area contributed by atoms with E-state index in [0.717, 1.165) is 5.01 Å². The van der Waals surface area contributed by atoms with Gasteiger partial charge in [-0.3, -0.25) is 10.2 Å². The summed E-state index contributed by atoms with van der Waals surface area (Å²) in [4.78, 5) is 11.1. The minimum atomic E-state index is -4.42. The maximum absolute atomic E-state index is 13.2. The quantitative estimate of drug-likeness (QED) is 0.907. The van der Waals surface area contributed by atoms with E-state index in [1.807, 2.05) is 6.92 Å². The molecule has 0 spiro atoms. The van der Waals surface area contributed by atoms with Crippen LogP contribution in [0.5, 0.6) is 5.75 Å². The Morgan fingerprint density at radius 3 is 2.76 bits per heavy atom. The van der Waals surface area contributed by atoms with Crippen LogP contribution in [0.25, 0.3) is 0 Å². The van der Waals surface area contributed by atoms with Crippen LogP contribution in [-0.2, 0) is 11.2 Å². The lowest BCUT2D eigenvalue weighted by atomic mass is 10.0. The summed E-state index contributed by atoms with van der Waals surface area (Å²) >= 11 is 0. The molecule has 1 aliphatic rings. The Balaban J connectivity index is 2.15. The smallest absolute Gasteiger partial charge is 0.406 e. The van der Waals surface area contributed by atoms with Crippen molar-refractivity contribution in [1.29, 1.82) is 0 Å². The first kappa shape index (κ1) is 15.6. The molecule has 2 rings (SSSR count). The molecule has 116 valence electrons. The van der Waals surface area contributed by atoms with Crippen molar-refractivity contribution in [3.05, 3.63) is 29.8 Å². The number of carbonyl (C=O) groups excluding carboxylic acids is 1. The number of rotatable bonds is 5. The summed E-state index contributed by atoms with van der Waals surface area (Å²) < 4.78 is 44.9. The minimum absolute atomic E-state index is 0.0637. The molecule has 1 heterocycles. The first-order valence-corrected chi connectivity index (χ1v) is 6.74. The summed E-state index contributed by atoms with van der Waals surface area (Å²) in [6.07, 6.45) is -4.56. The lowest BCUT2D eigenvalue weighted by Crippen LogP contribution is -2.51. The molecule has 0 saturated carbocycles. The van der Waals surface area contributed by atoms with Crippen LogP contribution in [0.4, 0.5) is 13.2 Å². The maximum atomic E-state index is 13.2. The number of hydrazine groups is 1. The molecule has 0 aliphatic carbocycles. The number of nitrogens with zero attached hydrogens (tertiary/aromatic N) is 1. The van der Waals surface area contributed by atoms with Crippen LogP contribution in [0, 0.1) is 0 Å². The fraction of sp³-hybridized carbons (Fsp3) is 0.500. The van der Waals surface area contributed by atoms with Crippen LogP contribution in [0.2, 0.25) is 0 Å². The molecule has 1 saturated heterocycles. The highest BCUT2D eigenvalue weighted by Gasteiger charge is 2.45. The fourth-order valence-corrected chi connectivity index (χ4v) is 2.28. The minimum Gasteiger partial charge on any atom is -0.494 e. The van der Waals surface area contributed by atoms with E-state index < -0.39 is 12.2 Å². The van der Waals surface area contributed by atoms with Gasteiger partial charge in [-0.15, -0.1) is 0 Å². The van der Waals surface area contributed by atoms with Crippen LogP contribution in [-0.4, -0.2) is 36.3 Å². The fourth-order valence-electron chi connectivity index (χ4n) is 2.28. The van der Waals surface area contributed by atoms with Crippen LogP contribution >= 0.6 is 0 Å². The topological polar surface area (TPSA) is 41.6 Å². The lowest BCUT2D eigenvalue weighted by Gasteiger charge is -2.29. The normalized spacial score (nSPS) is 17.6. The number of nitrogens with one attached hydrogen (secondary N) is 1. The van der Waals surface area contributed by atoms with Crippen molar-refractivity contribution in [2.75, 3.05) is 13.2 Å². The van der Waals surface area contributed by atoms with Crippen molar-refractivity contribution in [3.63, 3.8) is 0 Å². The number of ether oxygens (including phenoxy) is 1. The standard InChI is InChI=1S/C14H17F3N2O2/c1-2-21-11-5-3-4-10(8-11)9-12(14(15,16)17)19-7-6-13(20)18-19/h3-5,8,12H,2,6-7,9H2,1H3,(H,18,20). The summed E-state index contributed by atoms with van der Waals surface area (Å²) in [5.41, 5.74) is 2.78. The lowest BCUT2D eigenvalue weighted by molar-refractivity contribution is -0.187. The average molecular weight is 302 g/mol. The van der Waals surface area contributed by atoms with E-state index in [2.05, 4.69) is 5.43 Å². The van der Waals surface area contributed by atoms with E-state index in [1.54, 1.807) is 24.3 Å². The van der Waals surface area contributed by atoms with E-state index in [1.165, 1.54) is 0 Å². The zero-order valence-electron chi connectivity index (χ0n) is 11.6. The SMILES string of the molecule is CCOc1cccc(CC(N2CCC(=O)N2)C(F)(F)F)c1. The van der Waals surface area contributed by atoms with E-state index >= 15 is 0 Å². The summed E-state index contributed by atoms with van der Waals surface area (Å²) in [5, 5.41) is 0.968. The zero-order valence-corrected chi connectivity index (χ0v) is 11.6. The van der Waals surface area contributed by atoms with E-state index in [0.29, 0.717) is 17.9 Å². The van der Waals surface area contributed by atoms with Crippen molar-refractivity contribution < 1.29 is 22.7 Å². The third-order valence-corrected chi connectivity index (χ3v) is 3.24. The first-order chi connectivity index (χ1) is 9.90. The van der Waals surface area contributed by atoms with Crippen molar-refractivity contribution in [1.82, 2.24) is 10.4 Å². The number of amides is 1. The summed E-state index contributed by atoms with van der Waals surface area (Å²) in [7, 11) is 0. The second-order valence-corrected chi connectivity index (χ2v) is 4.82. The highest BCUT2D eigenvalue weighted by Crippen LogP contribution is 2.29. The highest BCUT2D eigenvalue weighted by molar-refractivity contribution is 5.77. The molecule has 1 aromatic rings. The van der Waals surface area contributed by atoms with Crippen LogP contribution in [0.15, 0.2) is 24.3 Å². The van der Waals surface area contributed by atoms with Crippen LogP contribution in [0.3, 0.4) is 0 Å². The Hall–Kier alpha value is -1.76. The highest BCUT2D eigenvalue weighted by atomic mass is 19.4. The summed E-state index contributed by atoms with van der Waals surface area (Å²) in [5.74, 6) is 0.161. The van der Waals surface area contributed by atoms with Gasteiger partial charge in [-0.1, -0.05) is 12.1 Å². The van der Waals surface area contributed by atoms with E-state index in [4.69, 9.17) is 4.74 Å². The Morgan fingerprint density at radius 2 is 2.19 bits per heavy atom. The maximum Gasteiger partial charge on any atom is 0.406 e. The Bertz CT molecular complexity index is 505. The van der Waals surface area contributed by atoms with Crippen LogP contribution in [0.1, 0.15) is 18.9 Å². The third-order valence-electron chi connectivity index (χ3n) is 3.24. The molecule has 21 heavy (non-hydrogen) atoms. The van der Waals surface area contributed by atoms with Gasteiger partial charge in [0.05, 0.1) is 6.61 Å². The van der Waals surface area contributed by atoms with Crippen molar-refractivity contribution in [2.45, 2.75) is 32.0 Å². The molecule has 1 unspecified atom stereocenters. The van der Waals surface area contributed by atoms with Gasteiger partial charge in [-0.05, 0) is 31.0 Å². The summed E-state index contributed by atoms with van der Waals surface area (Å²) in [6.45, 7) is 2.33. The molecule has 4 nitrogen and oxygen atoms in total. The second-order valence-electron chi connectivity index (χ2n) is 4.82. The van der Waals surface area contributed by atoms with Gasteiger partial charge in [0.1, 0.15) is 11.8 Å². The molecule has 1 aromatic carbocycles. The van der Waals surface area contributed by atoms with Gasteiger partial charge >= 0.3 is 6.18 Å². The number of hydrogen-bond acceptors (Lipinski definition) is 3. The molecule has 1 atom stereocenters. The molecular formula is C14H17F3N2O2. The average Bonchev–Trinajstić information content (AvgIpc) is 2.82. The van der Waals surface area contributed by atoms with Crippen molar-refractivity contribution >= 4 is 5.91 Å². The monoisotopic (exact) mass is 302 g/mol. The Morgan fingerprint density at radius 1 is 1.43 bits per heavy atom. The van der Waals surface area contributed by atoms with Gasteiger partial charge in [0.2, 0.25) is 5.91 Å². The molecular weight excluding hydrogens is 285 g/mol. The molecule has 7 heteroatoms. The van der Waals surface area contributed by atoms with E-state index in [9.17, 15) is 18.0 Å². The van der Waals surface area contributed by atoms with Crippen molar-refractivity contribution in [2.24, 2.45) is 0 Å². The molecule has 0 bridgehead atoms. The third kappa shape index (κ3) is 4.10. The number of carbonyl (C=O) groups is 1. The number of hydrogen-bond donors (Lipinski definition) is 1. The van der Waals surface area contributed by atoms with Crippen molar-refractivity contribution in [3.8, 4) is 5.75 Å². The molecule has 1 fully saturated rings. The zero-order chi connectivity index (χ0) is 15.5. The van der Waals surface area contributed by atoms with Gasteiger partial charge in [-0.2, -0.15) is 13.2 Å². The van der Waals surface area contributed by atoms with Gasteiger partial charge in [0.25, 0.3) is 0 Å². The molecule has 1 N–H and O–H groups in total. The molecule has 1 amide bonds.